The molecule has 0 amide bonds. The summed E-state index contributed by atoms with van der Waals surface area (Å²) in [5.74, 6) is 0.374. The molecule has 0 atom stereocenters. The lowest BCUT2D eigenvalue weighted by Crippen LogP contribution is -2.21. The highest BCUT2D eigenvalue weighted by Gasteiger charge is 2.13. The summed E-state index contributed by atoms with van der Waals surface area (Å²) in [6.07, 6.45) is 0. The molecule has 2 aromatic carbocycles. The molecule has 2 N–H and O–H groups in total. The van der Waals surface area contributed by atoms with Crippen LogP contribution in [0.2, 0.25) is 5.02 Å². The van der Waals surface area contributed by atoms with E-state index in [1.807, 2.05) is 31.2 Å². The number of fused-ring (bicyclic) bond motifs is 1. The first-order chi connectivity index (χ1) is 9.99. The summed E-state index contributed by atoms with van der Waals surface area (Å²) in [7, 11) is 0. The van der Waals surface area contributed by atoms with Crippen molar-refractivity contribution >= 4 is 44.1 Å². The number of benzene rings is 2. The molecule has 3 rings (SSSR count). The molecule has 1 aromatic heterocycles. The highest BCUT2D eigenvalue weighted by molar-refractivity contribution is 9.10. The second kappa shape index (κ2) is 5.20. The predicted octanol–water partition coefficient (Wildman–Crippen LogP) is 4.30. The fraction of sp³-hybridized carbons (Fsp3) is 0.0625. The maximum absolute atomic E-state index is 12.7. The molecule has 0 fully saturated rings. The van der Waals surface area contributed by atoms with E-state index in [0.717, 1.165) is 15.4 Å². The maximum atomic E-state index is 12.7. The molecule has 0 saturated heterocycles. The molecule has 0 aliphatic carbocycles. The van der Waals surface area contributed by atoms with Crippen molar-refractivity contribution in [3.05, 3.63) is 67.9 Å². The Labute approximate surface area is 135 Å². The largest absolute Gasteiger partial charge is 0.385 e. The zero-order chi connectivity index (χ0) is 15.1. The number of hydrogen-bond donors (Lipinski definition) is 1. The second-order valence-electron chi connectivity index (χ2n) is 4.85. The van der Waals surface area contributed by atoms with Crippen LogP contribution in [0.25, 0.3) is 16.5 Å². The van der Waals surface area contributed by atoms with Gasteiger partial charge in [0.25, 0.3) is 5.56 Å². The van der Waals surface area contributed by atoms with Gasteiger partial charge in [-0.2, -0.15) is 0 Å². The molecule has 0 aliphatic heterocycles. The Balaban J connectivity index is 2.41. The zero-order valence-corrected chi connectivity index (χ0v) is 13.6. The van der Waals surface area contributed by atoms with Crippen LogP contribution in [0.15, 0.2) is 51.7 Å². The molecule has 1 heterocycles. The average Bonchev–Trinajstić information content (AvgIpc) is 2.44. The molecule has 0 aliphatic rings. The third kappa shape index (κ3) is 2.34. The number of pyridine rings is 1. The van der Waals surface area contributed by atoms with Gasteiger partial charge in [-0.25, -0.2) is 0 Å². The standard InChI is InChI=1S/C16H12BrClN2O/c1-9-6-12(17)14(8-13(9)18)20-15(19)7-10-4-2-3-5-11(10)16(20)21/h2-8H,19H2,1H3. The van der Waals surface area contributed by atoms with Crippen molar-refractivity contribution in [2.24, 2.45) is 0 Å². The number of aryl methyl sites for hydroxylation is 1. The highest BCUT2D eigenvalue weighted by Crippen LogP contribution is 2.29. The molecular weight excluding hydrogens is 352 g/mol. The van der Waals surface area contributed by atoms with Crippen LogP contribution in [0.5, 0.6) is 0 Å². The number of hydrogen-bond acceptors (Lipinski definition) is 2. The first-order valence-corrected chi connectivity index (χ1v) is 7.52. The normalized spacial score (nSPS) is 11.0. The van der Waals surface area contributed by atoms with E-state index in [9.17, 15) is 4.79 Å². The third-order valence-electron chi connectivity index (χ3n) is 3.42. The zero-order valence-electron chi connectivity index (χ0n) is 11.2. The van der Waals surface area contributed by atoms with Gasteiger partial charge in [-0.05, 0) is 58.1 Å². The smallest absolute Gasteiger partial charge is 0.264 e. The average molecular weight is 364 g/mol. The molecule has 106 valence electrons. The van der Waals surface area contributed by atoms with E-state index in [0.29, 0.717) is 21.9 Å². The van der Waals surface area contributed by atoms with E-state index in [1.54, 1.807) is 18.2 Å². The Morgan fingerprint density at radius 1 is 1.19 bits per heavy atom. The Kier molecular flexibility index (Phi) is 3.51. The van der Waals surface area contributed by atoms with Crippen LogP contribution < -0.4 is 11.3 Å². The fourth-order valence-electron chi connectivity index (χ4n) is 2.33. The van der Waals surface area contributed by atoms with Crippen molar-refractivity contribution in [1.29, 1.82) is 0 Å². The second-order valence-corrected chi connectivity index (χ2v) is 6.11. The minimum atomic E-state index is -0.161. The van der Waals surface area contributed by atoms with Crippen LogP contribution in [0.4, 0.5) is 5.82 Å². The van der Waals surface area contributed by atoms with Gasteiger partial charge in [-0.1, -0.05) is 29.8 Å². The first-order valence-electron chi connectivity index (χ1n) is 6.35. The third-order valence-corrected chi connectivity index (χ3v) is 4.47. The van der Waals surface area contributed by atoms with Crippen LogP contribution in [-0.2, 0) is 0 Å². The van der Waals surface area contributed by atoms with Gasteiger partial charge < -0.3 is 5.73 Å². The van der Waals surface area contributed by atoms with Crippen molar-refractivity contribution in [2.75, 3.05) is 5.73 Å². The summed E-state index contributed by atoms with van der Waals surface area (Å²) in [5, 5.41) is 2.04. The molecule has 0 saturated carbocycles. The van der Waals surface area contributed by atoms with Crippen LogP contribution in [0.3, 0.4) is 0 Å². The van der Waals surface area contributed by atoms with Crippen LogP contribution in [0, 0.1) is 6.92 Å². The van der Waals surface area contributed by atoms with Gasteiger partial charge in [0.05, 0.1) is 5.69 Å². The summed E-state index contributed by atoms with van der Waals surface area (Å²) in [5.41, 5.74) is 7.48. The number of nitrogen functional groups attached to an aromatic ring is 1. The van der Waals surface area contributed by atoms with Crippen LogP contribution >= 0.6 is 27.5 Å². The van der Waals surface area contributed by atoms with Crippen molar-refractivity contribution in [1.82, 2.24) is 4.57 Å². The SMILES string of the molecule is Cc1cc(Br)c(-n2c(N)cc3ccccc3c2=O)cc1Cl. The van der Waals surface area contributed by atoms with E-state index < -0.39 is 0 Å². The van der Waals surface area contributed by atoms with E-state index >= 15 is 0 Å². The summed E-state index contributed by atoms with van der Waals surface area (Å²) < 4.78 is 2.24. The molecule has 0 bridgehead atoms. The number of halogens is 2. The molecule has 0 unspecified atom stereocenters. The lowest BCUT2D eigenvalue weighted by Gasteiger charge is -2.14. The van der Waals surface area contributed by atoms with Crippen molar-refractivity contribution in [2.45, 2.75) is 6.92 Å². The minimum Gasteiger partial charge on any atom is -0.385 e. The number of rotatable bonds is 1. The summed E-state index contributed by atoms with van der Waals surface area (Å²) in [6, 6.07) is 12.8. The van der Waals surface area contributed by atoms with Crippen LogP contribution in [0.1, 0.15) is 5.56 Å². The van der Waals surface area contributed by atoms with Gasteiger partial charge in [-0.15, -0.1) is 0 Å². The molecule has 21 heavy (non-hydrogen) atoms. The number of aromatic nitrogens is 1. The summed E-state index contributed by atoms with van der Waals surface area (Å²) >= 11 is 9.66. The van der Waals surface area contributed by atoms with E-state index in [-0.39, 0.29) is 5.56 Å². The number of anilines is 1. The monoisotopic (exact) mass is 362 g/mol. The fourth-order valence-corrected chi connectivity index (χ4v) is 3.13. The highest BCUT2D eigenvalue weighted by atomic mass is 79.9. The van der Waals surface area contributed by atoms with E-state index in [1.165, 1.54) is 4.57 Å². The number of nitrogens with zero attached hydrogens (tertiary/aromatic N) is 1. The molecule has 0 spiro atoms. The van der Waals surface area contributed by atoms with Gasteiger partial charge in [0.2, 0.25) is 0 Å². The molecular formula is C16H12BrClN2O. The Hall–Kier alpha value is -1.78. The summed E-state index contributed by atoms with van der Waals surface area (Å²) in [4.78, 5) is 12.7. The Morgan fingerprint density at radius 2 is 1.90 bits per heavy atom. The van der Waals surface area contributed by atoms with Gasteiger partial charge in [0, 0.05) is 14.9 Å². The molecule has 3 nitrogen and oxygen atoms in total. The van der Waals surface area contributed by atoms with Crippen molar-refractivity contribution in [3.63, 3.8) is 0 Å². The molecule has 5 heteroatoms. The van der Waals surface area contributed by atoms with Crippen LogP contribution in [-0.4, -0.2) is 4.57 Å². The van der Waals surface area contributed by atoms with Gasteiger partial charge >= 0.3 is 0 Å². The van der Waals surface area contributed by atoms with Gasteiger partial charge in [0.1, 0.15) is 5.82 Å². The number of nitrogens with two attached hydrogens (primary N) is 1. The Morgan fingerprint density at radius 3 is 2.67 bits per heavy atom. The summed E-state index contributed by atoms with van der Waals surface area (Å²) in [6.45, 7) is 1.91. The lowest BCUT2D eigenvalue weighted by atomic mass is 10.1. The topological polar surface area (TPSA) is 48.0 Å². The predicted molar refractivity (Wildman–Crippen MR) is 91.4 cm³/mol. The van der Waals surface area contributed by atoms with Crippen molar-refractivity contribution < 1.29 is 0 Å². The Bertz CT molecular complexity index is 918. The van der Waals surface area contributed by atoms with Gasteiger partial charge in [0.15, 0.2) is 0 Å². The molecule has 3 aromatic rings. The quantitative estimate of drug-likeness (QED) is 0.701. The van der Waals surface area contributed by atoms with E-state index in [2.05, 4.69) is 15.9 Å². The van der Waals surface area contributed by atoms with E-state index in [4.69, 9.17) is 17.3 Å². The first kappa shape index (κ1) is 14.2. The van der Waals surface area contributed by atoms with Crippen molar-refractivity contribution in [3.8, 4) is 5.69 Å². The minimum absolute atomic E-state index is 0.161. The lowest BCUT2D eigenvalue weighted by molar-refractivity contribution is 1.01. The van der Waals surface area contributed by atoms with Gasteiger partial charge in [-0.3, -0.25) is 9.36 Å². The molecule has 0 radical (unpaired) electrons. The maximum Gasteiger partial charge on any atom is 0.264 e.